The highest BCUT2D eigenvalue weighted by molar-refractivity contribution is 5.47. The number of benzene rings is 1. The fourth-order valence-corrected chi connectivity index (χ4v) is 0.795. The molecule has 1 nitrogen and oxygen atoms in total. The van der Waals surface area contributed by atoms with E-state index in [9.17, 15) is 0 Å². The third-order valence-corrected chi connectivity index (χ3v) is 1.34. The molecule has 0 aromatic heterocycles. The number of hydrogen-bond donors (Lipinski definition) is 0. The van der Waals surface area contributed by atoms with Crippen LogP contribution in [0.2, 0.25) is 0 Å². The zero-order valence-corrected chi connectivity index (χ0v) is 6.63. The van der Waals surface area contributed by atoms with Gasteiger partial charge in [0, 0.05) is 6.07 Å². The molecule has 0 aliphatic heterocycles. The first-order valence-corrected chi connectivity index (χ1v) is 3.63. The van der Waals surface area contributed by atoms with Gasteiger partial charge in [-0.2, -0.15) is 0 Å². The molecule has 0 fully saturated rings. The average molecular weight is 147 g/mol. The minimum Gasteiger partial charge on any atom is -0.493 e. The van der Waals surface area contributed by atoms with Gasteiger partial charge in [-0.25, -0.2) is 0 Å². The largest absolute Gasteiger partial charge is 0.493 e. The van der Waals surface area contributed by atoms with Gasteiger partial charge in [0.2, 0.25) is 0 Å². The Morgan fingerprint density at radius 2 is 2.45 bits per heavy atom. The normalized spacial score (nSPS) is 9.18. The predicted molar refractivity (Wildman–Crippen MR) is 46.5 cm³/mol. The topological polar surface area (TPSA) is 9.23 Å². The summed E-state index contributed by atoms with van der Waals surface area (Å²) in [5.74, 6) is 0.790. The predicted octanol–water partition coefficient (Wildman–Crippen LogP) is 2.53. The van der Waals surface area contributed by atoms with E-state index in [0.717, 1.165) is 11.3 Å². The first-order chi connectivity index (χ1) is 5.36. The Hall–Kier alpha value is -1.24. The first kappa shape index (κ1) is 7.86. The smallest absolute Gasteiger partial charge is 0.127 e. The van der Waals surface area contributed by atoms with Crippen molar-refractivity contribution in [2.75, 3.05) is 6.61 Å². The number of ether oxygens (including phenoxy) is 1. The van der Waals surface area contributed by atoms with Gasteiger partial charge >= 0.3 is 0 Å². The van der Waals surface area contributed by atoms with E-state index in [1.54, 1.807) is 6.08 Å². The molecule has 0 spiro atoms. The monoisotopic (exact) mass is 147 g/mol. The fraction of sp³-hybridized carbons (Fsp3) is 0.200. The summed E-state index contributed by atoms with van der Waals surface area (Å²) >= 11 is 0. The number of rotatable bonds is 3. The maximum Gasteiger partial charge on any atom is 0.127 e. The van der Waals surface area contributed by atoms with E-state index in [1.165, 1.54) is 0 Å². The second-order valence-corrected chi connectivity index (χ2v) is 2.12. The molecule has 0 saturated heterocycles. The lowest BCUT2D eigenvalue weighted by molar-refractivity contribution is 0.339. The lowest BCUT2D eigenvalue weighted by Gasteiger charge is -2.00. The first-order valence-electron chi connectivity index (χ1n) is 3.63. The second-order valence-electron chi connectivity index (χ2n) is 2.12. The van der Waals surface area contributed by atoms with Gasteiger partial charge in [-0.15, -0.1) is 0 Å². The SMILES string of the molecule is C=Cc1c[c]c(OCC)cc1. The summed E-state index contributed by atoms with van der Waals surface area (Å²) in [7, 11) is 0. The molecular formula is C10H11O. The number of hydrogen-bond acceptors (Lipinski definition) is 1. The minimum absolute atomic E-state index is 0.684. The van der Waals surface area contributed by atoms with Gasteiger partial charge in [-0.3, -0.25) is 0 Å². The van der Waals surface area contributed by atoms with Crippen molar-refractivity contribution in [2.45, 2.75) is 6.92 Å². The molecule has 0 bridgehead atoms. The van der Waals surface area contributed by atoms with Crippen molar-refractivity contribution in [3.8, 4) is 5.75 Å². The van der Waals surface area contributed by atoms with E-state index in [0.29, 0.717) is 6.61 Å². The molecule has 0 unspecified atom stereocenters. The van der Waals surface area contributed by atoms with Crippen LogP contribution >= 0.6 is 0 Å². The van der Waals surface area contributed by atoms with E-state index >= 15 is 0 Å². The van der Waals surface area contributed by atoms with Crippen LogP contribution in [0.4, 0.5) is 0 Å². The van der Waals surface area contributed by atoms with Crippen molar-refractivity contribution >= 4 is 6.08 Å². The molecular weight excluding hydrogens is 136 g/mol. The van der Waals surface area contributed by atoms with Crippen molar-refractivity contribution in [3.05, 3.63) is 36.4 Å². The summed E-state index contributed by atoms with van der Waals surface area (Å²) in [6.45, 7) is 6.28. The van der Waals surface area contributed by atoms with Crippen molar-refractivity contribution in [2.24, 2.45) is 0 Å². The maximum atomic E-state index is 5.22. The van der Waals surface area contributed by atoms with Gasteiger partial charge in [0.05, 0.1) is 6.61 Å². The Morgan fingerprint density at radius 1 is 1.64 bits per heavy atom. The van der Waals surface area contributed by atoms with E-state index in [-0.39, 0.29) is 0 Å². The summed E-state index contributed by atoms with van der Waals surface area (Å²) in [6, 6.07) is 8.70. The van der Waals surface area contributed by atoms with Gasteiger partial charge in [-0.05, 0) is 24.6 Å². The van der Waals surface area contributed by atoms with Gasteiger partial charge in [0.15, 0.2) is 0 Å². The van der Waals surface area contributed by atoms with Gasteiger partial charge < -0.3 is 4.74 Å². The van der Waals surface area contributed by atoms with E-state index in [4.69, 9.17) is 4.74 Å². The third-order valence-electron chi connectivity index (χ3n) is 1.34. The molecule has 57 valence electrons. The highest BCUT2D eigenvalue weighted by Gasteiger charge is 1.90. The molecule has 1 radical (unpaired) electrons. The molecule has 1 heteroatoms. The molecule has 0 aliphatic carbocycles. The minimum atomic E-state index is 0.684. The van der Waals surface area contributed by atoms with Crippen LogP contribution in [0.15, 0.2) is 24.8 Å². The molecule has 11 heavy (non-hydrogen) atoms. The van der Waals surface area contributed by atoms with E-state index in [2.05, 4.69) is 12.6 Å². The van der Waals surface area contributed by atoms with Crippen LogP contribution < -0.4 is 4.74 Å². The van der Waals surface area contributed by atoms with E-state index < -0.39 is 0 Å². The van der Waals surface area contributed by atoms with Crippen LogP contribution in [0.1, 0.15) is 12.5 Å². The lowest BCUT2D eigenvalue weighted by Crippen LogP contribution is -1.90. The lowest BCUT2D eigenvalue weighted by atomic mass is 10.2. The summed E-state index contributed by atoms with van der Waals surface area (Å²) < 4.78 is 5.22. The molecule has 0 atom stereocenters. The van der Waals surface area contributed by atoms with Crippen molar-refractivity contribution in [1.29, 1.82) is 0 Å². The average Bonchev–Trinajstić information content (AvgIpc) is 2.07. The van der Waals surface area contributed by atoms with Crippen molar-refractivity contribution in [1.82, 2.24) is 0 Å². The second kappa shape index (κ2) is 3.81. The highest BCUT2D eigenvalue weighted by Crippen LogP contribution is 2.11. The van der Waals surface area contributed by atoms with Crippen LogP contribution in [0, 0.1) is 6.07 Å². The van der Waals surface area contributed by atoms with Crippen LogP contribution in [0.3, 0.4) is 0 Å². The Morgan fingerprint density at radius 3 is 2.91 bits per heavy atom. The van der Waals surface area contributed by atoms with Crippen molar-refractivity contribution in [3.63, 3.8) is 0 Å². The van der Waals surface area contributed by atoms with Gasteiger partial charge in [0.25, 0.3) is 0 Å². The Bertz CT molecular complexity index is 223. The molecule has 0 saturated carbocycles. The van der Waals surface area contributed by atoms with Crippen molar-refractivity contribution < 1.29 is 4.74 Å². The quantitative estimate of drug-likeness (QED) is 0.638. The Labute approximate surface area is 67.3 Å². The molecule has 1 rings (SSSR count). The molecule has 1 aromatic rings. The van der Waals surface area contributed by atoms with Crippen LogP contribution in [0.25, 0.3) is 6.08 Å². The van der Waals surface area contributed by atoms with E-state index in [1.807, 2.05) is 25.1 Å². The standard InChI is InChI=1S/C10H11O/c1-3-9-5-7-10(8-6-9)11-4-2/h3,5-7H,1,4H2,2H3. The molecule has 1 aromatic carbocycles. The molecule has 0 heterocycles. The summed E-state index contributed by atoms with van der Waals surface area (Å²) in [4.78, 5) is 0. The van der Waals surface area contributed by atoms with Crippen LogP contribution in [-0.4, -0.2) is 6.61 Å². The third kappa shape index (κ3) is 2.11. The molecule has 0 aliphatic rings. The van der Waals surface area contributed by atoms with Gasteiger partial charge in [-0.1, -0.05) is 18.7 Å². The molecule has 0 amide bonds. The summed E-state index contributed by atoms with van der Waals surface area (Å²) in [5.41, 5.74) is 1.06. The zero-order valence-electron chi connectivity index (χ0n) is 6.63. The summed E-state index contributed by atoms with van der Waals surface area (Å²) in [6.07, 6.45) is 1.78. The zero-order chi connectivity index (χ0) is 8.10. The highest BCUT2D eigenvalue weighted by atomic mass is 16.5. The summed E-state index contributed by atoms with van der Waals surface area (Å²) in [5, 5.41) is 0. The maximum absolute atomic E-state index is 5.22. The van der Waals surface area contributed by atoms with Crippen LogP contribution in [-0.2, 0) is 0 Å². The fourth-order valence-electron chi connectivity index (χ4n) is 0.795. The van der Waals surface area contributed by atoms with Crippen LogP contribution in [0.5, 0.6) is 5.75 Å². The van der Waals surface area contributed by atoms with Gasteiger partial charge in [0.1, 0.15) is 5.75 Å². The molecule has 0 N–H and O–H groups in total. The Balaban J connectivity index is 2.74. The Kier molecular flexibility index (Phi) is 2.73.